The van der Waals surface area contributed by atoms with Gasteiger partial charge in [0.1, 0.15) is 0 Å². The van der Waals surface area contributed by atoms with Gasteiger partial charge in [-0.05, 0) is 100 Å². The average Bonchev–Trinajstić information content (AvgIpc) is 2.79. The third-order valence-electron chi connectivity index (χ3n) is 9.49. The van der Waals surface area contributed by atoms with Gasteiger partial charge in [-0.2, -0.15) is 5.26 Å². The molecule has 0 aromatic heterocycles. The van der Waals surface area contributed by atoms with Crippen molar-refractivity contribution in [2.24, 2.45) is 35.0 Å². The summed E-state index contributed by atoms with van der Waals surface area (Å²) in [5.74, 6) is 5.09. The van der Waals surface area contributed by atoms with Crippen LogP contribution >= 0.6 is 0 Å². The lowest BCUT2D eigenvalue weighted by molar-refractivity contribution is 0.0898. The maximum Gasteiger partial charge on any atom is 0.0689 e. The van der Waals surface area contributed by atoms with Gasteiger partial charge in [0.25, 0.3) is 0 Å². The second-order valence-corrected chi connectivity index (χ2v) is 11.3. The van der Waals surface area contributed by atoms with Crippen molar-refractivity contribution >= 4 is 0 Å². The topological polar surface area (TPSA) is 23.8 Å². The lowest BCUT2D eigenvalue weighted by Crippen LogP contribution is -2.32. The molecule has 166 valence electrons. The Morgan fingerprint density at radius 3 is 1.62 bits per heavy atom. The molecule has 3 aliphatic rings. The highest BCUT2D eigenvalue weighted by molar-refractivity contribution is 5.02. The Morgan fingerprint density at radius 1 is 0.655 bits per heavy atom. The predicted octanol–water partition coefficient (Wildman–Crippen LogP) is 9.07. The predicted molar refractivity (Wildman–Crippen MR) is 125 cm³/mol. The molecular formula is C28H49N. The standard InChI is InChI=1S/C28H49N/c1-3-5-7-8-23-9-11-24(12-10-23)25-13-15-26(16-14-25)27-17-20-28(22-29,21-18-27)19-6-4-2/h23-27H,3-21H2,1-2H3. The van der Waals surface area contributed by atoms with Crippen molar-refractivity contribution in [1.29, 1.82) is 5.26 Å². The van der Waals surface area contributed by atoms with Crippen molar-refractivity contribution in [3.63, 3.8) is 0 Å². The molecule has 3 fully saturated rings. The summed E-state index contributed by atoms with van der Waals surface area (Å²) in [6.07, 6.45) is 26.7. The smallest absolute Gasteiger partial charge is 0.0689 e. The maximum absolute atomic E-state index is 9.77. The first kappa shape index (κ1) is 23.2. The fourth-order valence-corrected chi connectivity index (χ4v) is 7.32. The highest BCUT2D eigenvalue weighted by atomic mass is 14.5. The Bertz CT molecular complexity index is 479. The molecule has 0 aromatic rings. The van der Waals surface area contributed by atoms with Gasteiger partial charge in [0.05, 0.1) is 11.5 Å². The fraction of sp³-hybridized carbons (Fsp3) is 0.964. The summed E-state index contributed by atoms with van der Waals surface area (Å²) in [7, 11) is 0. The van der Waals surface area contributed by atoms with Crippen molar-refractivity contribution in [1.82, 2.24) is 0 Å². The molecule has 0 aliphatic heterocycles. The SMILES string of the molecule is CCCCCC1CCC(C2CCC(C3CCC(C#N)(CCCC)CC3)CC2)CC1. The number of nitriles is 1. The summed E-state index contributed by atoms with van der Waals surface area (Å²) in [5.41, 5.74) is 0.0411. The van der Waals surface area contributed by atoms with E-state index >= 15 is 0 Å². The number of rotatable bonds is 9. The normalized spacial score (nSPS) is 38.4. The van der Waals surface area contributed by atoms with Crippen LogP contribution in [0.2, 0.25) is 0 Å². The van der Waals surface area contributed by atoms with E-state index in [0.717, 1.165) is 36.0 Å². The first-order valence-corrected chi connectivity index (χ1v) is 13.6. The van der Waals surface area contributed by atoms with E-state index in [-0.39, 0.29) is 5.41 Å². The second-order valence-electron chi connectivity index (χ2n) is 11.3. The third kappa shape index (κ3) is 6.48. The van der Waals surface area contributed by atoms with Crippen LogP contribution in [0.1, 0.15) is 136 Å². The molecule has 3 aliphatic carbocycles. The van der Waals surface area contributed by atoms with Crippen molar-refractivity contribution in [2.75, 3.05) is 0 Å². The molecule has 3 saturated carbocycles. The van der Waals surface area contributed by atoms with Crippen LogP contribution in [-0.2, 0) is 0 Å². The van der Waals surface area contributed by atoms with Crippen molar-refractivity contribution in [2.45, 2.75) is 136 Å². The highest BCUT2D eigenvalue weighted by Crippen LogP contribution is 2.49. The summed E-state index contributed by atoms with van der Waals surface area (Å²) in [6, 6.07) is 2.75. The molecule has 0 saturated heterocycles. The Labute approximate surface area is 182 Å². The van der Waals surface area contributed by atoms with Gasteiger partial charge in [-0.3, -0.25) is 0 Å². The lowest BCUT2D eigenvalue weighted by atomic mass is 9.62. The zero-order chi connectivity index (χ0) is 20.5. The van der Waals surface area contributed by atoms with E-state index in [2.05, 4.69) is 19.9 Å². The van der Waals surface area contributed by atoms with Gasteiger partial charge in [-0.1, -0.05) is 65.2 Å². The summed E-state index contributed by atoms with van der Waals surface area (Å²) in [5, 5.41) is 9.77. The van der Waals surface area contributed by atoms with E-state index in [0.29, 0.717) is 0 Å². The van der Waals surface area contributed by atoms with E-state index in [1.807, 2.05) is 0 Å². The molecule has 0 bridgehead atoms. The molecule has 29 heavy (non-hydrogen) atoms. The molecule has 0 atom stereocenters. The average molecular weight is 400 g/mol. The van der Waals surface area contributed by atoms with Crippen LogP contribution in [0.15, 0.2) is 0 Å². The number of nitrogens with zero attached hydrogens (tertiary/aromatic N) is 1. The molecule has 0 spiro atoms. The van der Waals surface area contributed by atoms with Crippen LogP contribution in [0.3, 0.4) is 0 Å². The van der Waals surface area contributed by atoms with Gasteiger partial charge < -0.3 is 0 Å². The minimum Gasteiger partial charge on any atom is -0.198 e. The quantitative estimate of drug-likeness (QED) is 0.355. The van der Waals surface area contributed by atoms with Crippen LogP contribution in [-0.4, -0.2) is 0 Å². The summed E-state index contributed by atoms with van der Waals surface area (Å²) in [4.78, 5) is 0. The van der Waals surface area contributed by atoms with Crippen LogP contribution < -0.4 is 0 Å². The third-order valence-corrected chi connectivity index (χ3v) is 9.49. The Morgan fingerprint density at radius 2 is 1.14 bits per heavy atom. The van der Waals surface area contributed by atoms with E-state index in [4.69, 9.17) is 0 Å². The van der Waals surface area contributed by atoms with Crippen molar-refractivity contribution < 1.29 is 0 Å². The van der Waals surface area contributed by atoms with Crippen LogP contribution in [0.25, 0.3) is 0 Å². The largest absolute Gasteiger partial charge is 0.198 e. The molecule has 0 radical (unpaired) electrons. The Kier molecular flexibility index (Phi) is 9.40. The Balaban J connectivity index is 1.36. The Hall–Kier alpha value is -0.510. The molecule has 0 heterocycles. The number of unbranched alkanes of at least 4 members (excludes halogenated alkanes) is 3. The van der Waals surface area contributed by atoms with E-state index in [1.165, 1.54) is 116 Å². The molecule has 1 nitrogen and oxygen atoms in total. The maximum atomic E-state index is 9.77. The van der Waals surface area contributed by atoms with Gasteiger partial charge >= 0.3 is 0 Å². The zero-order valence-electron chi connectivity index (χ0n) is 19.8. The minimum absolute atomic E-state index is 0.0411. The lowest BCUT2D eigenvalue weighted by Gasteiger charge is -2.43. The highest BCUT2D eigenvalue weighted by Gasteiger charge is 2.39. The molecular weight excluding hydrogens is 350 g/mol. The van der Waals surface area contributed by atoms with E-state index in [9.17, 15) is 5.26 Å². The summed E-state index contributed by atoms with van der Waals surface area (Å²) >= 11 is 0. The number of hydrogen-bond donors (Lipinski definition) is 0. The first-order valence-electron chi connectivity index (χ1n) is 13.6. The monoisotopic (exact) mass is 399 g/mol. The van der Waals surface area contributed by atoms with Gasteiger partial charge in [-0.15, -0.1) is 0 Å². The van der Waals surface area contributed by atoms with Crippen LogP contribution in [0, 0.1) is 46.3 Å². The first-order chi connectivity index (χ1) is 14.2. The fourth-order valence-electron chi connectivity index (χ4n) is 7.32. The van der Waals surface area contributed by atoms with Crippen molar-refractivity contribution in [3.05, 3.63) is 0 Å². The molecule has 0 unspecified atom stereocenters. The summed E-state index contributed by atoms with van der Waals surface area (Å²) in [6.45, 7) is 4.58. The van der Waals surface area contributed by atoms with Gasteiger partial charge in [0.2, 0.25) is 0 Å². The van der Waals surface area contributed by atoms with E-state index < -0.39 is 0 Å². The van der Waals surface area contributed by atoms with Gasteiger partial charge in [0, 0.05) is 0 Å². The van der Waals surface area contributed by atoms with Crippen LogP contribution in [0.4, 0.5) is 0 Å². The van der Waals surface area contributed by atoms with Gasteiger partial charge in [0.15, 0.2) is 0 Å². The number of hydrogen-bond acceptors (Lipinski definition) is 1. The zero-order valence-corrected chi connectivity index (χ0v) is 19.8. The molecule has 3 rings (SSSR count). The van der Waals surface area contributed by atoms with Crippen molar-refractivity contribution in [3.8, 4) is 6.07 Å². The molecule has 0 aromatic carbocycles. The molecule has 0 amide bonds. The van der Waals surface area contributed by atoms with E-state index in [1.54, 1.807) is 0 Å². The van der Waals surface area contributed by atoms with Crippen LogP contribution in [0.5, 0.6) is 0 Å². The minimum atomic E-state index is 0.0411. The molecule has 0 N–H and O–H groups in total. The van der Waals surface area contributed by atoms with Gasteiger partial charge in [-0.25, -0.2) is 0 Å². The molecule has 1 heteroatoms. The summed E-state index contributed by atoms with van der Waals surface area (Å²) < 4.78 is 0. The second kappa shape index (κ2) is 11.8.